The molecule has 0 aliphatic carbocycles. The van der Waals surface area contributed by atoms with Crippen LogP contribution in [0.1, 0.15) is 0 Å². The summed E-state index contributed by atoms with van der Waals surface area (Å²) in [5.74, 6) is 0.890. The van der Waals surface area contributed by atoms with Crippen molar-refractivity contribution in [3.63, 3.8) is 0 Å². The number of hydrogen-bond acceptors (Lipinski definition) is 5. The van der Waals surface area contributed by atoms with Crippen molar-refractivity contribution in [2.45, 2.75) is 0 Å². The van der Waals surface area contributed by atoms with Crippen LogP contribution in [0.2, 0.25) is 0 Å². The van der Waals surface area contributed by atoms with Crippen LogP contribution in [0, 0.1) is 0 Å². The van der Waals surface area contributed by atoms with Crippen molar-refractivity contribution in [3.8, 4) is 39.7 Å². The first-order valence-electron chi connectivity index (χ1n) is 11.9. The Morgan fingerprint density at radius 2 is 1.14 bits per heavy atom. The van der Waals surface area contributed by atoms with Gasteiger partial charge < -0.3 is 8.83 Å². The largest absolute Gasteiger partial charge is 0.436 e. The maximum atomic E-state index is 13.9. The summed E-state index contributed by atoms with van der Waals surface area (Å²) in [6.07, 6.45) is 1.77. The van der Waals surface area contributed by atoms with E-state index in [9.17, 15) is 4.79 Å². The Balaban J connectivity index is 1.49. The highest BCUT2D eigenvalue weighted by atomic mass is 16.4. The number of para-hydroxylation sites is 5. The third kappa shape index (κ3) is 3.63. The zero-order chi connectivity index (χ0) is 24.8. The van der Waals surface area contributed by atoms with Gasteiger partial charge >= 0.3 is 0 Å². The van der Waals surface area contributed by atoms with Crippen LogP contribution in [-0.4, -0.2) is 14.5 Å². The van der Waals surface area contributed by atoms with Crippen molar-refractivity contribution in [2.75, 3.05) is 0 Å². The van der Waals surface area contributed by atoms with Crippen molar-refractivity contribution in [1.82, 2.24) is 14.5 Å². The van der Waals surface area contributed by atoms with Gasteiger partial charge in [0.25, 0.3) is 5.56 Å². The lowest BCUT2D eigenvalue weighted by molar-refractivity contribution is 0.619. The molecule has 37 heavy (non-hydrogen) atoms. The fourth-order valence-electron chi connectivity index (χ4n) is 4.56. The molecule has 0 spiro atoms. The highest BCUT2D eigenvalue weighted by Gasteiger charge is 2.19. The summed E-state index contributed by atoms with van der Waals surface area (Å²) in [6, 6.07) is 34.2. The zero-order valence-electron chi connectivity index (χ0n) is 19.5. The maximum Gasteiger partial charge on any atom is 0.263 e. The lowest BCUT2D eigenvalue weighted by Crippen LogP contribution is -2.20. The van der Waals surface area contributed by atoms with Gasteiger partial charge in [0.15, 0.2) is 11.2 Å². The molecule has 0 bridgehead atoms. The van der Waals surface area contributed by atoms with Crippen LogP contribution < -0.4 is 5.56 Å². The number of aromatic nitrogens is 3. The van der Waals surface area contributed by atoms with E-state index in [1.54, 1.807) is 10.8 Å². The van der Waals surface area contributed by atoms with Crippen LogP contribution in [0.25, 0.3) is 61.9 Å². The molecule has 0 aliphatic heterocycles. The minimum Gasteiger partial charge on any atom is -0.436 e. The third-order valence-electron chi connectivity index (χ3n) is 6.33. The van der Waals surface area contributed by atoms with Crippen LogP contribution in [0.15, 0.2) is 129 Å². The normalized spacial score (nSPS) is 11.4. The molecule has 3 heterocycles. The van der Waals surface area contributed by atoms with Gasteiger partial charge in [0, 0.05) is 23.0 Å². The molecule has 7 rings (SSSR count). The molecule has 7 aromatic rings. The molecule has 0 unspecified atom stereocenters. The molecular weight excluding hydrogens is 462 g/mol. The number of hydrogen-bond donors (Lipinski definition) is 0. The van der Waals surface area contributed by atoms with Crippen molar-refractivity contribution in [1.29, 1.82) is 0 Å². The second-order valence-electron chi connectivity index (χ2n) is 8.67. The molecule has 6 heteroatoms. The molecule has 0 aliphatic rings. The number of rotatable bonds is 4. The van der Waals surface area contributed by atoms with E-state index in [1.165, 1.54) is 0 Å². The maximum absolute atomic E-state index is 13.9. The number of oxazole rings is 2. The SMILES string of the molecule is O=c1c(-c2ccccc2-c2nc3ccccc3o2)cc(-c2nc3ccccc3o2)cn1-c1ccccc1. The van der Waals surface area contributed by atoms with E-state index < -0.39 is 0 Å². The Kier molecular flexibility index (Phi) is 4.82. The Morgan fingerprint density at radius 1 is 0.568 bits per heavy atom. The minimum absolute atomic E-state index is 0.172. The second kappa shape index (κ2) is 8.46. The molecule has 0 atom stereocenters. The molecular formula is C31H19N3O3. The third-order valence-corrected chi connectivity index (χ3v) is 6.33. The Labute approximate surface area is 211 Å². The molecule has 0 radical (unpaired) electrons. The quantitative estimate of drug-likeness (QED) is 0.268. The van der Waals surface area contributed by atoms with Gasteiger partial charge in [-0.3, -0.25) is 9.36 Å². The van der Waals surface area contributed by atoms with Crippen LogP contribution in [-0.2, 0) is 0 Å². The average molecular weight is 482 g/mol. The van der Waals surface area contributed by atoms with E-state index in [4.69, 9.17) is 8.83 Å². The van der Waals surface area contributed by atoms with Crippen molar-refractivity contribution in [2.24, 2.45) is 0 Å². The van der Waals surface area contributed by atoms with E-state index in [0.717, 1.165) is 22.3 Å². The zero-order valence-corrected chi connectivity index (χ0v) is 19.5. The topological polar surface area (TPSA) is 74.1 Å². The predicted molar refractivity (Wildman–Crippen MR) is 143 cm³/mol. The number of benzene rings is 4. The standard InChI is InChI=1S/C31H19N3O3/c35-31-24(22-12-4-5-13-23(22)30-33-26-15-7-9-17-28(26)37-30)18-20(19-34(31)21-10-2-1-3-11-21)29-32-25-14-6-8-16-27(25)36-29/h1-19H. The number of pyridine rings is 1. The highest BCUT2D eigenvalue weighted by Crippen LogP contribution is 2.34. The van der Waals surface area contributed by atoms with Crippen LogP contribution in [0.4, 0.5) is 0 Å². The molecule has 176 valence electrons. The molecule has 0 amide bonds. The van der Waals surface area contributed by atoms with Gasteiger partial charge in [-0.1, -0.05) is 60.7 Å². The van der Waals surface area contributed by atoms with Crippen LogP contribution in [0.3, 0.4) is 0 Å². The van der Waals surface area contributed by atoms with Crippen LogP contribution >= 0.6 is 0 Å². The van der Waals surface area contributed by atoms with Gasteiger partial charge in [-0.2, -0.15) is 0 Å². The van der Waals surface area contributed by atoms with Gasteiger partial charge in [-0.05, 0) is 54.1 Å². The second-order valence-corrected chi connectivity index (χ2v) is 8.67. The van der Waals surface area contributed by atoms with Gasteiger partial charge in [0.1, 0.15) is 11.0 Å². The first-order valence-corrected chi connectivity index (χ1v) is 11.9. The fraction of sp³-hybridized carbons (Fsp3) is 0. The summed E-state index contributed by atoms with van der Waals surface area (Å²) in [5, 5.41) is 0. The molecule has 0 saturated heterocycles. The highest BCUT2D eigenvalue weighted by molar-refractivity contribution is 5.85. The van der Waals surface area contributed by atoms with Gasteiger partial charge in [0.05, 0.1) is 5.56 Å². The molecule has 0 N–H and O–H groups in total. The molecule has 6 nitrogen and oxygen atoms in total. The van der Waals surface area contributed by atoms with Crippen LogP contribution in [0.5, 0.6) is 0 Å². The molecule has 0 fully saturated rings. The minimum atomic E-state index is -0.172. The van der Waals surface area contributed by atoms with Gasteiger partial charge in [-0.15, -0.1) is 0 Å². The van der Waals surface area contributed by atoms with E-state index in [-0.39, 0.29) is 5.56 Å². The van der Waals surface area contributed by atoms with Gasteiger partial charge in [-0.25, -0.2) is 9.97 Å². The Bertz CT molecular complexity index is 1900. The van der Waals surface area contributed by atoms with Crippen molar-refractivity contribution < 1.29 is 8.83 Å². The first kappa shape index (κ1) is 21.1. The summed E-state index contributed by atoms with van der Waals surface area (Å²) >= 11 is 0. The lowest BCUT2D eigenvalue weighted by atomic mass is 9.99. The van der Waals surface area contributed by atoms with Crippen molar-refractivity contribution >= 4 is 22.2 Å². The molecule has 0 saturated carbocycles. The average Bonchev–Trinajstić information content (AvgIpc) is 3.58. The first-order chi connectivity index (χ1) is 18.2. The smallest absolute Gasteiger partial charge is 0.263 e. The summed E-state index contributed by atoms with van der Waals surface area (Å²) in [4.78, 5) is 23.3. The summed E-state index contributed by atoms with van der Waals surface area (Å²) in [7, 11) is 0. The predicted octanol–water partition coefficient (Wildman–Crippen LogP) is 7.12. The number of fused-ring (bicyclic) bond motifs is 2. The van der Waals surface area contributed by atoms with Gasteiger partial charge in [0.2, 0.25) is 11.8 Å². The lowest BCUT2D eigenvalue weighted by Gasteiger charge is -2.12. The summed E-state index contributed by atoms with van der Waals surface area (Å²) in [6.45, 7) is 0. The Morgan fingerprint density at radius 3 is 1.84 bits per heavy atom. The van der Waals surface area contributed by atoms with E-state index in [1.807, 2.05) is 109 Å². The van der Waals surface area contributed by atoms with E-state index in [0.29, 0.717) is 39.6 Å². The Hall–Kier alpha value is -5.23. The number of nitrogens with zero attached hydrogens (tertiary/aromatic N) is 3. The fourth-order valence-corrected chi connectivity index (χ4v) is 4.56. The van der Waals surface area contributed by atoms with E-state index >= 15 is 0 Å². The monoisotopic (exact) mass is 481 g/mol. The summed E-state index contributed by atoms with van der Waals surface area (Å²) < 4.78 is 13.8. The van der Waals surface area contributed by atoms with E-state index in [2.05, 4.69) is 9.97 Å². The summed E-state index contributed by atoms with van der Waals surface area (Å²) in [5.41, 5.74) is 6.06. The molecule has 3 aromatic heterocycles. The van der Waals surface area contributed by atoms with Crippen molar-refractivity contribution in [3.05, 3.63) is 126 Å². The molecule has 4 aromatic carbocycles.